The van der Waals surface area contributed by atoms with E-state index in [0.29, 0.717) is 13.2 Å². The maximum absolute atomic E-state index is 13.0. The van der Waals surface area contributed by atoms with Gasteiger partial charge >= 0.3 is 0 Å². The molecule has 0 saturated carbocycles. The Bertz CT molecular complexity index is 760. The van der Waals surface area contributed by atoms with Crippen LogP contribution in [0.5, 0.6) is 5.75 Å². The fourth-order valence-corrected chi connectivity index (χ4v) is 2.37. The van der Waals surface area contributed by atoms with Crippen LogP contribution in [-0.2, 0) is 6.54 Å². The Morgan fingerprint density at radius 3 is 2.50 bits per heavy atom. The molecular weight excluding hydrogens is 303 g/mol. The average molecular weight is 322 g/mol. The van der Waals surface area contributed by atoms with Crippen LogP contribution in [0, 0.1) is 5.82 Å². The summed E-state index contributed by atoms with van der Waals surface area (Å²) in [5.41, 5.74) is 3.02. The SMILES string of the molecule is Fc1ccc(-c2cncc(CNCCOc3ccccc3)c2)cc1. The van der Waals surface area contributed by atoms with Gasteiger partial charge < -0.3 is 10.1 Å². The van der Waals surface area contributed by atoms with Gasteiger partial charge in [-0.3, -0.25) is 4.98 Å². The van der Waals surface area contributed by atoms with Crippen LogP contribution in [0.4, 0.5) is 4.39 Å². The van der Waals surface area contributed by atoms with Gasteiger partial charge in [0.25, 0.3) is 0 Å². The van der Waals surface area contributed by atoms with Crippen LogP contribution in [0.2, 0.25) is 0 Å². The number of halogens is 1. The van der Waals surface area contributed by atoms with Gasteiger partial charge in [0.15, 0.2) is 0 Å². The van der Waals surface area contributed by atoms with Crippen molar-refractivity contribution < 1.29 is 9.13 Å². The van der Waals surface area contributed by atoms with Gasteiger partial charge in [0.05, 0.1) is 0 Å². The molecule has 0 radical (unpaired) electrons. The van der Waals surface area contributed by atoms with Gasteiger partial charge in [0.1, 0.15) is 18.2 Å². The summed E-state index contributed by atoms with van der Waals surface area (Å²) in [6.45, 7) is 2.06. The Hall–Kier alpha value is -2.72. The predicted molar refractivity (Wildman–Crippen MR) is 93.3 cm³/mol. The number of rotatable bonds is 7. The van der Waals surface area contributed by atoms with Crippen molar-refractivity contribution in [1.29, 1.82) is 0 Å². The molecule has 3 aromatic rings. The van der Waals surface area contributed by atoms with Crippen LogP contribution in [-0.4, -0.2) is 18.1 Å². The van der Waals surface area contributed by atoms with Crippen molar-refractivity contribution in [3.05, 3.63) is 84.4 Å². The summed E-state index contributed by atoms with van der Waals surface area (Å²) in [6.07, 6.45) is 3.62. The van der Waals surface area contributed by atoms with E-state index in [-0.39, 0.29) is 5.82 Å². The second kappa shape index (κ2) is 8.22. The zero-order valence-corrected chi connectivity index (χ0v) is 13.3. The van der Waals surface area contributed by atoms with Crippen LogP contribution < -0.4 is 10.1 Å². The fraction of sp³-hybridized carbons (Fsp3) is 0.150. The van der Waals surface area contributed by atoms with Crippen LogP contribution in [0.1, 0.15) is 5.56 Å². The third-order valence-electron chi connectivity index (χ3n) is 3.59. The van der Waals surface area contributed by atoms with E-state index in [0.717, 1.165) is 29.0 Å². The van der Waals surface area contributed by atoms with E-state index in [2.05, 4.69) is 16.4 Å². The molecule has 0 atom stereocenters. The molecule has 0 saturated heterocycles. The molecule has 3 rings (SSSR count). The third kappa shape index (κ3) is 4.64. The van der Waals surface area contributed by atoms with Gasteiger partial charge in [-0.2, -0.15) is 0 Å². The van der Waals surface area contributed by atoms with E-state index in [1.165, 1.54) is 12.1 Å². The molecule has 0 fully saturated rings. The molecule has 24 heavy (non-hydrogen) atoms. The van der Waals surface area contributed by atoms with Crippen molar-refractivity contribution in [2.45, 2.75) is 6.54 Å². The van der Waals surface area contributed by atoms with E-state index in [1.807, 2.05) is 36.5 Å². The summed E-state index contributed by atoms with van der Waals surface area (Å²) >= 11 is 0. The molecule has 0 aliphatic heterocycles. The van der Waals surface area contributed by atoms with E-state index in [9.17, 15) is 4.39 Å². The smallest absolute Gasteiger partial charge is 0.123 e. The van der Waals surface area contributed by atoms with Gasteiger partial charge in [-0.25, -0.2) is 4.39 Å². The summed E-state index contributed by atoms with van der Waals surface area (Å²) in [6, 6.07) is 18.3. The number of benzene rings is 2. The van der Waals surface area contributed by atoms with Gasteiger partial charge in [-0.15, -0.1) is 0 Å². The Morgan fingerprint density at radius 1 is 0.917 bits per heavy atom. The molecule has 4 heteroatoms. The minimum atomic E-state index is -0.233. The standard InChI is InChI=1S/C20H19FN2O/c21-19-8-6-17(7-9-19)18-12-16(14-23-15-18)13-22-10-11-24-20-4-2-1-3-5-20/h1-9,12,14-15,22H,10-11,13H2. The number of hydrogen-bond acceptors (Lipinski definition) is 3. The first-order valence-corrected chi connectivity index (χ1v) is 7.90. The minimum Gasteiger partial charge on any atom is -0.492 e. The van der Waals surface area contributed by atoms with Crippen molar-refractivity contribution in [1.82, 2.24) is 10.3 Å². The molecule has 2 aromatic carbocycles. The largest absolute Gasteiger partial charge is 0.492 e. The third-order valence-corrected chi connectivity index (χ3v) is 3.59. The highest BCUT2D eigenvalue weighted by atomic mass is 19.1. The van der Waals surface area contributed by atoms with Gasteiger partial charge in [0.2, 0.25) is 0 Å². The Balaban J connectivity index is 1.49. The Morgan fingerprint density at radius 2 is 1.71 bits per heavy atom. The van der Waals surface area contributed by atoms with Crippen LogP contribution in [0.15, 0.2) is 73.1 Å². The molecule has 1 N–H and O–H groups in total. The summed E-state index contributed by atoms with van der Waals surface area (Å²) in [5, 5.41) is 3.33. The molecular formula is C20H19FN2O. The molecule has 0 aliphatic rings. The van der Waals surface area contributed by atoms with Crippen LogP contribution in [0.25, 0.3) is 11.1 Å². The van der Waals surface area contributed by atoms with E-state index < -0.39 is 0 Å². The first-order valence-electron chi connectivity index (χ1n) is 7.90. The monoisotopic (exact) mass is 322 g/mol. The molecule has 0 amide bonds. The van der Waals surface area contributed by atoms with Crippen molar-refractivity contribution in [3.63, 3.8) is 0 Å². The van der Waals surface area contributed by atoms with E-state index >= 15 is 0 Å². The number of hydrogen-bond donors (Lipinski definition) is 1. The molecule has 1 aromatic heterocycles. The van der Waals surface area contributed by atoms with Crippen LogP contribution in [0.3, 0.4) is 0 Å². The lowest BCUT2D eigenvalue weighted by Crippen LogP contribution is -2.20. The van der Waals surface area contributed by atoms with Crippen LogP contribution >= 0.6 is 0 Å². The highest BCUT2D eigenvalue weighted by molar-refractivity contribution is 5.62. The van der Waals surface area contributed by atoms with Gasteiger partial charge in [-0.05, 0) is 41.5 Å². The normalized spacial score (nSPS) is 10.5. The fourth-order valence-electron chi connectivity index (χ4n) is 2.37. The number of pyridine rings is 1. The lowest BCUT2D eigenvalue weighted by atomic mass is 10.1. The van der Waals surface area contributed by atoms with Crippen molar-refractivity contribution in [3.8, 4) is 16.9 Å². The number of nitrogens with one attached hydrogen (secondary N) is 1. The lowest BCUT2D eigenvalue weighted by molar-refractivity contribution is 0.313. The summed E-state index contributed by atoms with van der Waals surface area (Å²) in [5.74, 6) is 0.641. The van der Waals surface area contributed by atoms with Crippen molar-refractivity contribution >= 4 is 0 Å². The zero-order valence-electron chi connectivity index (χ0n) is 13.3. The number of aromatic nitrogens is 1. The highest BCUT2D eigenvalue weighted by Crippen LogP contribution is 2.19. The molecule has 0 aliphatic carbocycles. The minimum absolute atomic E-state index is 0.233. The molecule has 0 spiro atoms. The quantitative estimate of drug-likeness (QED) is 0.666. The van der Waals surface area contributed by atoms with E-state index in [4.69, 9.17) is 4.74 Å². The van der Waals surface area contributed by atoms with Crippen molar-refractivity contribution in [2.75, 3.05) is 13.2 Å². The van der Waals surface area contributed by atoms with E-state index in [1.54, 1.807) is 18.3 Å². The highest BCUT2D eigenvalue weighted by Gasteiger charge is 2.01. The average Bonchev–Trinajstić information content (AvgIpc) is 2.63. The zero-order chi connectivity index (χ0) is 16.6. The van der Waals surface area contributed by atoms with Gasteiger partial charge in [0, 0.05) is 31.0 Å². The second-order valence-electron chi connectivity index (χ2n) is 5.43. The molecule has 0 unspecified atom stereocenters. The lowest BCUT2D eigenvalue weighted by Gasteiger charge is -2.08. The number of para-hydroxylation sites is 1. The maximum atomic E-state index is 13.0. The molecule has 1 heterocycles. The molecule has 3 nitrogen and oxygen atoms in total. The predicted octanol–water partition coefficient (Wildman–Crippen LogP) is 4.06. The maximum Gasteiger partial charge on any atom is 0.123 e. The Labute approximate surface area is 141 Å². The summed E-state index contributed by atoms with van der Waals surface area (Å²) < 4.78 is 18.6. The first kappa shape index (κ1) is 16.1. The second-order valence-corrected chi connectivity index (χ2v) is 5.43. The first-order chi connectivity index (χ1) is 11.8. The topological polar surface area (TPSA) is 34.2 Å². The summed E-state index contributed by atoms with van der Waals surface area (Å²) in [7, 11) is 0. The molecule has 122 valence electrons. The van der Waals surface area contributed by atoms with Crippen molar-refractivity contribution in [2.24, 2.45) is 0 Å². The molecule has 0 bridgehead atoms. The number of ether oxygens (including phenoxy) is 1. The van der Waals surface area contributed by atoms with Gasteiger partial charge in [-0.1, -0.05) is 30.3 Å². The summed E-state index contributed by atoms with van der Waals surface area (Å²) in [4.78, 5) is 4.26. The number of nitrogens with zero attached hydrogens (tertiary/aromatic N) is 1. The Kier molecular flexibility index (Phi) is 5.53.